The van der Waals surface area contributed by atoms with Gasteiger partial charge in [-0.15, -0.1) is 12.6 Å². The zero-order chi connectivity index (χ0) is 12.5. The van der Waals surface area contributed by atoms with Crippen LogP contribution in [-0.4, -0.2) is 4.92 Å². The molecule has 0 heterocycles. The molecule has 0 aliphatic heterocycles. The van der Waals surface area contributed by atoms with E-state index >= 15 is 0 Å². The van der Waals surface area contributed by atoms with Crippen LogP contribution in [0.3, 0.4) is 0 Å². The molecule has 4 nitrogen and oxygen atoms in total. The van der Waals surface area contributed by atoms with Crippen molar-refractivity contribution in [3.05, 3.63) is 33.4 Å². The van der Waals surface area contributed by atoms with Crippen molar-refractivity contribution in [3.8, 4) is 6.07 Å². The van der Waals surface area contributed by atoms with E-state index in [-0.39, 0.29) is 5.56 Å². The molecule has 0 amide bonds. The lowest BCUT2D eigenvalue weighted by Crippen LogP contribution is -2.10. The zero-order valence-corrected chi connectivity index (χ0v) is 8.34. The second-order valence-electron chi connectivity index (χ2n) is 2.72. The molecule has 0 unspecified atom stereocenters. The normalized spacial score (nSPS) is 10.9. The summed E-state index contributed by atoms with van der Waals surface area (Å²) < 4.78 is 37.2. The van der Waals surface area contributed by atoms with E-state index in [1.54, 1.807) is 0 Å². The molecule has 0 bridgehead atoms. The summed E-state index contributed by atoms with van der Waals surface area (Å²) in [5.41, 5.74) is -2.89. The van der Waals surface area contributed by atoms with E-state index in [9.17, 15) is 23.3 Å². The van der Waals surface area contributed by atoms with E-state index in [1.807, 2.05) is 0 Å². The third-order valence-electron chi connectivity index (χ3n) is 1.76. The predicted molar refractivity (Wildman–Crippen MR) is 50.1 cm³/mol. The fourth-order valence-electron chi connectivity index (χ4n) is 1.08. The van der Waals surface area contributed by atoms with Gasteiger partial charge in [-0.05, 0) is 12.1 Å². The van der Waals surface area contributed by atoms with Gasteiger partial charge in [0.15, 0.2) is 0 Å². The minimum Gasteiger partial charge on any atom is -0.258 e. The Bertz CT molecular complexity index is 493. The van der Waals surface area contributed by atoms with Crippen LogP contribution in [0.1, 0.15) is 11.1 Å². The van der Waals surface area contributed by atoms with Gasteiger partial charge in [0.1, 0.15) is 16.5 Å². The van der Waals surface area contributed by atoms with Crippen LogP contribution in [-0.2, 0) is 6.18 Å². The third-order valence-corrected chi connectivity index (χ3v) is 2.21. The van der Waals surface area contributed by atoms with E-state index < -0.39 is 27.2 Å². The van der Waals surface area contributed by atoms with Gasteiger partial charge in [-0.2, -0.15) is 18.4 Å². The second kappa shape index (κ2) is 4.02. The maximum Gasteiger partial charge on any atom is 0.423 e. The Morgan fingerprint density at radius 2 is 2.00 bits per heavy atom. The van der Waals surface area contributed by atoms with Crippen molar-refractivity contribution in [1.82, 2.24) is 0 Å². The summed E-state index contributed by atoms with van der Waals surface area (Å²) in [7, 11) is 0. The van der Waals surface area contributed by atoms with Crippen molar-refractivity contribution >= 4 is 18.3 Å². The predicted octanol–water partition coefficient (Wildman–Crippen LogP) is 2.77. The van der Waals surface area contributed by atoms with E-state index in [0.29, 0.717) is 6.07 Å². The molecule has 8 heteroatoms. The average Bonchev–Trinajstić information content (AvgIpc) is 2.15. The number of halogens is 3. The molecule has 0 radical (unpaired) electrons. The molecule has 0 atom stereocenters. The molecule has 1 rings (SSSR count). The zero-order valence-electron chi connectivity index (χ0n) is 7.45. The molecular weight excluding hydrogens is 245 g/mol. The van der Waals surface area contributed by atoms with Crippen molar-refractivity contribution in [2.24, 2.45) is 0 Å². The quantitative estimate of drug-likeness (QED) is 0.472. The van der Waals surface area contributed by atoms with Gasteiger partial charge in [-0.25, -0.2) is 0 Å². The molecule has 0 N–H and O–H groups in total. The highest BCUT2D eigenvalue weighted by Crippen LogP contribution is 2.40. The average molecular weight is 248 g/mol. The van der Waals surface area contributed by atoms with E-state index in [0.717, 1.165) is 6.07 Å². The molecule has 0 aliphatic rings. The summed E-state index contributed by atoms with van der Waals surface area (Å²) in [6, 6.07) is 2.86. The van der Waals surface area contributed by atoms with Crippen molar-refractivity contribution in [3.63, 3.8) is 0 Å². The molecule has 1 aromatic rings. The van der Waals surface area contributed by atoms with Crippen LogP contribution in [0.4, 0.5) is 18.9 Å². The van der Waals surface area contributed by atoms with Gasteiger partial charge in [-0.3, -0.25) is 10.1 Å². The summed E-state index contributed by atoms with van der Waals surface area (Å²) in [4.78, 5) is 8.72. The number of thiol groups is 1. The fourth-order valence-corrected chi connectivity index (χ4v) is 1.41. The number of hydrogen-bond acceptors (Lipinski definition) is 4. The van der Waals surface area contributed by atoms with Crippen LogP contribution in [0.5, 0.6) is 0 Å². The molecule has 16 heavy (non-hydrogen) atoms. The highest BCUT2D eigenvalue weighted by molar-refractivity contribution is 7.80. The Labute approximate surface area is 92.9 Å². The van der Waals surface area contributed by atoms with Crippen LogP contribution in [0.2, 0.25) is 0 Å². The molecule has 0 aliphatic carbocycles. The van der Waals surface area contributed by atoms with E-state index in [1.165, 1.54) is 6.07 Å². The number of nitro groups is 1. The molecule has 0 spiro atoms. The van der Waals surface area contributed by atoms with Gasteiger partial charge in [0.2, 0.25) is 0 Å². The van der Waals surface area contributed by atoms with Crippen molar-refractivity contribution in [2.45, 2.75) is 11.1 Å². The smallest absolute Gasteiger partial charge is 0.258 e. The lowest BCUT2D eigenvalue weighted by atomic mass is 10.1. The van der Waals surface area contributed by atoms with E-state index in [2.05, 4.69) is 12.6 Å². The van der Waals surface area contributed by atoms with Gasteiger partial charge in [0.05, 0.1) is 10.5 Å². The van der Waals surface area contributed by atoms with Gasteiger partial charge < -0.3 is 0 Å². The second-order valence-corrected chi connectivity index (χ2v) is 3.17. The number of nitriles is 1. The van der Waals surface area contributed by atoms with Crippen LogP contribution < -0.4 is 0 Å². The summed E-state index contributed by atoms with van der Waals surface area (Å²) >= 11 is 3.57. The highest BCUT2D eigenvalue weighted by atomic mass is 32.1. The SMILES string of the molecule is N#Cc1ccc(C(F)(F)F)c([N+](=O)[O-])c1S. The summed E-state index contributed by atoms with van der Waals surface area (Å²) in [5, 5.41) is 19.0. The van der Waals surface area contributed by atoms with Crippen LogP contribution >= 0.6 is 12.6 Å². The number of nitrogens with zero attached hydrogens (tertiary/aromatic N) is 2. The maximum atomic E-state index is 12.4. The minimum atomic E-state index is -4.85. The Hall–Kier alpha value is -1.75. The molecule has 84 valence electrons. The summed E-state index contributed by atoms with van der Waals surface area (Å²) in [6.45, 7) is 0. The monoisotopic (exact) mass is 248 g/mol. The Morgan fingerprint density at radius 3 is 2.38 bits per heavy atom. The number of rotatable bonds is 1. The first kappa shape index (κ1) is 12.3. The number of hydrogen-bond donors (Lipinski definition) is 1. The van der Waals surface area contributed by atoms with Gasteiger partial charge in [0.25, 0.3) is 5.69 Å². The van der Waals surface area contributed by atoms with Gasteiger partial charge in [-0.1, -0.05) is 0 Å². The molecule has 0 saturated carbocycles. The van der Waals surface area contributed by atoms with Crippen molar-refractivity contribution in [2.75, 3.05) is 0 Å². The van der Waals surface area contributed by atoms with Crippen molar-refractivity contribution < 1.29 is 18.1 Å². The largest absolute Gasteiger partial charge is 0.423 e. The van der Waals surface area contributed by atoms with Gasteiger partial charge in [0, 0.05) is 0 Å². The number of benzene rings is 1. The highest BCUT2D eigenvalue weighted by Gasteiger charge is 2.40. The molecule has 0 aromatic heterocycles. The van der Waals surface area contributed by atoms with Crippen LogP contribution in [0, 0.1) is 21.4 Å². The molecular formula is C8H3F3N2O2S. The summed E-state index contributed by atoms with van der Waals surface area (Å²) in [5.74, 6) is 0. The first-order chi connectivity index (χ1) is 7.29. The van der Waals surface area contributed by atoms with Gasteiger partial charge >= 0.3 is 6.18 Å². The lowest BCUT2D eigenvalue weighted by molar-refractivity contribution is -0.391. The lowest BCUT2D eigenvalue weighted by Gasteiger charge is -2.08. The minimum absolute atomic E-state index is 0.275. The molecule has 1 aromatic carbocycles. The fraction of sp³-hybridized carbons (Fsp3) is 0.125. The molecule has 0 saturated heterocycles. The summed E-state index contributed by atoms with van der Waals surface area (Å²) in [6.07, 6.45) is -4.85. The Morgan fingerprint density at radius 1 is 1.44 bits per heavy atom. The Kier molecular flexibility index (Phi) is 3.09. The van der Waals surface area contributed by atoms with Crippen molar-refractivity contribution in [1.29, 1.82) is 5.26 Å². The van der Waals surface area contributed by atoms with Crippen LogP contribution in [0.25, 0.3) is 0 Å². The first-order valence-corrected chi connectivity index (χ1v) is 4.21. The standard InChI is InChI=1S/C8H3F3N2O2S/c9-8(10,11)5-2-1-4(3-12)7(16)6(5)13(14)15/h1-2,16H. The molecule has 0 fully saturated rings. The van der Waals surface area contributed by atoms with E-state index in [4.69, 9.17) is 5.26 Å². The number of nitro benzene ring substituents is 1. The third kappa shape index (κ3) is 2.09. The Balaban J connectivity index is 3.62. The maximum absolute atomic E-state index is 12.4. The first-order valence-electron chi connectivity index (χ1n) is 3.76. The number of alkyl halides is 3. The van der Waals surface area contributed by atoms with Crippen LogP contribution in [0.15, 0.2) is 17.0 Å². The topological polar surface area (TPSA) is 66.9 Å².